The van der Waals surface area contributed by atoms with E-state index in [1.807, 2.05) is 12.4 Å². The van der Waals surface area contributed by atoms with E-state index in [9.17, 15) is 0 Å². The van der Waals surface area contributed by atoms with Gasteiger partial charge in [0, 0.05) is 44.0 Å². The molecular formula is C15H25N3O. The summed E-state index contributed by atoms with van der Waals surface area (Å²) in [7, 11) is 2.18. The van der Waals surface area contributed by atoms with Crippen molar-refractivity contribution in [3.63, 3.8) is 0 Å². The van der Waals surface area contributed by atoms with Gasteiger partial charge in [-0.05, 0) is 37.7 Å². The maximum absolute atomic E-state index is 5.63. The van der Waals surface area contributed by atoms with E-state index >= 15 is 0 Å². The lowest BCUT2D eigenvalue weighted by atomic mass is 9.95. The molecule has 0 bridgehead atoms. The van der Waals surface area contributed by atoms with Crippen LogP contribution in [0.15, 0.2) is 24.5 Å². The van der Waals surface area contributed by atoms with E-state index in [0.717, 1.165) is 39.3 Å². The van der Waals surface area contributed by atoms with Gasteiger partial charge >= 0.3 is 0 Å². The summed E-state index contributed by atoms with van der Waals surface area (Å²) in [6, 6.07) is 4.75. The molecule has 2 rings (SSSR count). The van der Waals surface area contributed by atoms with Crippen LogP contribution in [0.25, 0.3) is 0 Å². The maximum Gasteiger partial charge on any atom is 0.0521 e. The minimum atomic E-state index is 0.584. The lowest BCUT2D eigenvalue weighted by molar-refractivity contribution is 0.0193. The third-order valence-electron chi connectivity index (χ3n) is 3.69. The normalized spacial score (nSPS) is 23.7. The molecule has 1 aromatic heterocycles. The summed E-state index contributed by atoms with van der Waals surface area (Å²) in [5.74, 6) is 0.584. The molecule has 0 amide bonds. The molecule has 1 saturated heterocycles. The molecule has 1 N–H and O–H groups in total. The van der Waals surface area contributed by atoms with E-state index in [4.69, 9.17) is 4.74 Å². The van der Waals surface area contributed by atoms with Crippen LogP contribution in [0.1, 0.15) is 18.9 Å². The van der Waals surface area contributed by atoms with Gasteiger partial charge in [-0.25, -0.2) is 0 Å². The standard InChI is InChI=1S/C15H25N3O/c1-3-17-15-6-9-19-12-14(15)11-18(2)10-13-4-7-16-8-5-13/h4-5,7-8,14-15,17H,3,6,9-12H2,1-2H3. The number of nitrogens with zero attached hydrogens (tertiary/aromatic N) is 2. The third kappa shape index (κ3) is 4.56. The molecule has 2 unspecified atom stereocenters. The Hall–Kier alpha value is -0.970. The zero-order valence-electron chi connectivity index (χ0n) is 12.0. The summed E-state index contributed by atoms with van der Waals surface area (Å²) in [6.45, 7) is 7.01. The molecule has 2 heterocycles. The first kappa shape index (κ1) is 14.4. The number of rotatable bonds is 6. The molecule has 0 aliphatic carbocycles. The Morgan fingerprint density at radius 1 is 1.42 bits per heavy atom. The van der Waals surface area contributed by atoms with Gasteiger partial charge in [-0.1, -0.05) is 6.92 Å². The first-order valence-corrected chi connectivity index (χ1v) is 7.18. The first-order valence-electron chi connectivity index (χ1n) is 7.18. The van der Waals surface area contributed by atoms with Crippen molar-refractivity contribution in [1.29, 1.82) is 0 Å². The maximum atomic E-state index is 5.63. The van der Waals surface area contributed by atoms with Gasteiger partial charge < -0.3 is 15.0 Å². The molecule has 1 aromatic rings. The van der Waals surface area contributed by atoms with E-state index < -0.39 is 0 Å². The van der Waals surface area contributed by atoms with Crippen LogP contribution in [0.3, 0.4) is 0 Å². The topological polar surface area (TPSA) is 37.4 Å². The van der Waals surface area contributed by atoms with Crippen molar-refractivity contribution in [1.82, 2.24) is 15.2 Å². The van der Waals surface area contributed by atoms with Gasteiger partial charge in [0.15, 0.2) is 0 Å². The van der Waals surface area contributed by atoms with E-state index in [2.05, 4.69) is 41.3 Å². The minimum Gasteiger partial charge on any atom is -0.381 e. The molecule has 0 saturated carbocycles. The van der Waals surface area contributed by atoms with Crippen LogP contribution in [0, 0.1) is 5.92 Å². The lowest BCUT2D eigenvalue weighted by Gasteiger charge is -2.34. The van der Waals surface area contributed by atoms with E-state index in [0.29, 0.717) is 12.0 Å². The Bertz CT molecular complexity index is 356. The van der Waals surface area contributed by atoms with Gasteiger partial charge in [-0.2, -0.15) is 0 Å². The summed E-state index contributed by atoms with van der Waals surface area (Å²) in [4.78, 5) is 6.43. The van der Waals surface area contributed by atoms with Crippen LogP contribution >= 0.6 is 0 Å². The van der Waals surface area contributed by atoms with Crippen molar-refractivity contribution in [2.75, 3.05) is 33.4 Å². The van der Waals surface area contributed by atoms with Crippen molar-refractivity contribution >= 4 is 0 Å². The van der Waals surface area contributed by atoms with E-state index in [1.165, 1.54) is 5.56 Å². The first-order chi connectivity index (χ1) is 9.29. The summed E-state index contributed by atoms with van der Waals surface area (Å²) in [5.41, 5.74) is 1.31. The summed E-state index contributed by atoms with van der Waals surface area (Å²) in [5, 5.41) is 3.59. The van der Waals surface area contributed by atoms with Gasteiger partial charge in [0.1, 0.15) is 0 Å². The Labute approximate surface area is 116 Å². The van der Waals surface area contributed by atoms with Crippen molar-refractivity contribution in [3.8, 4) is 0 Å². The van der Waals surface area contributed by atoms with Crippen LogP contribution in [-0.4, -0.2) is 49.3 Å². The van der Waals surface area contributed by atoms with Gasteiger partial charge in [-0.15, -0.1) is 0 Å². The fourth-order valence-electron chi connectivity index (χ4n) is 2.77. The Kier molecular flexibility index (Phi) is 5.76. The monoisotopic (exact) mass is 263 g/mol. The number of hydrogen-bond acceptors (Lipinski definition) is 4. The Balaban J connectivity index is 1.84. The van der Waals surface area contributed by atoms with Crippen LogP contribution in [0.2, 0.25) is 0 Å². The molecule has 1 aliphatic rings. The molecule has 0 spiro atoms. The second kappa shape index (κ2) is 7.58. The Morgan fingerprint density at radius 3 is 2.95 bits per heavy atom. The summed E-state index contributed by atoms with van der Waals surface area (Å²) in [6.07, 6.45) is 4.84. The van der Waals surface area contributed by atoms with Gasteiger partial charge in [-0.3, -0.25) is 4.98 Å². The van der Waals surface area contributed by atoms with Crippen molar-refractivity contribution in [3.05, 3.63) is 30.1 Å². The van der Waals surface area contributed by atoms with Gasteiger partial charge in [0.25, 0.3) is 0 Å². The highest BCUT2D eigenvalue weighted by molar-refractivity contribution is 5.09. The third-order valence-corrected chi connectivity index (χ3v) is 3.69. The highest BCUT2D eigenvalue weighted by Gasteiger charge is 2.25. The van der Waals surface area contributed by atoms with E-state index in [-0.39, 0.29) is 0 Å². The fraction of sp³-hybridized carbons (Fsp3) is 0.667. The molecule has 106 valence electrons. The minimum absolute atomic E-state index is 0.584. The zero-order chi connectivity index (χ0) is 13.5. The molecule has 0 aromatic carbocycles. The fourth-order valence-corrected chi connectivity index (χ4v) is 2.77. The smallest absolute Gasteiger partial charge is 0.0521 e. The molecule has 1 aliphatic heterocycles. The van der Waals surface area contributed by atoms with Crippen molar-refractivity contribution < 1.29 is 4.74 Å². The van der Waals surface area contributed by atoms with Crippen molar-refractivity contribution in [2.24, 2.45) is 5.92 Å². The molecule has 4 heteroatoms. The second-order valence-electron chi connectivity index (χ2n) is 5.34. The van der Waals surface area contributed by atoms with Crippen LogP contribution in [0.4, 0.5) is 0 Å². The number of ether oxygens (including phenoxy) is 1. The van der Waals surface area contributed by atoms with Crippen molar-refractivity contribution in [2.45, 2.75) is 25.9 Å². The number of nitrogens with one attached hydrogen (secondary N) is 1. The SMILES string of the molecule is CCNC1CCOCC1CN(C)Cc1ccncc1. The van der Waals surface area contributed by atoms with Crippen LogP contribution < -0.4 is 5.32 Å². The number of pyridine rings is 1. The van der Waals surface area contributed by atoms with Gasteiger partial charge in [0.2, 0.25) is 0 Å². The molecule has 1 fully saturated rings. The Morgan fingerprint density at radius 2 is 2.21 bits per heavy atom. The van der Waals surface area contributed by atoms with Crippen LogP contribution in [0.5, 0.6) is 0 Å². The second-order valence-corrected chi connectivity index (χ2v) is 5.34. The molecular weight excluding hydrogens is 238 g/mol. The zero-order valence-corrected chi connectivity index (χ0v) is 12.0. The quantitative estimate of drug-likeness (QED) is 0.844. The number of aromatic nitrogens is 1. The van der Waals surface area contributed by atoms with Crippen LogP contribution in [-0.2, 0) is 11.3 Å². The average molecular weight is 263 g/mol. The predicted octanol–water partition coefficient (Wildman–Crippen LogP) is 1.53. The molecule has 19 heavy (non-hydrogen) atoms. The lowest BCUT2D eigenvalue weighted by Crippen LogP contribution is -2.47. The number of hydrogen-bond donors (Lipinski definition) is 1. The average Bonchev–Trinajstić information content (AvgIpc) is 2.42. The molecule has 2 atom stereocenters. The largest absolute Gasteiger partial charge is 0.381 e. The van der Waals surface area contributed by atoms with E-state index in [1.54, 1.807) is 0 Å². The molecule has 0 radical (unpaired) electrons. The summed E-state index contributed by atoms with van der Waals surface area (Å²) >= 11 is 0. The predicted molar refractivity (Wildman–Crippen MR) is 77.0 cm³/mol. The molecule has 4 nitrogen and oxygen atoms in total. The van der Waals surface area contributed by atoms with Gasteiger partial charge in [0.05, 0.1) is 6.61 Å². The summed E-state index contributed by atoms with van der Waals surface area (Å²) < 4.78 is 5.63. The highest BCUT2D eigenvalue weighted by Crippen LogP contribution is 2.16. The highest BCUT2D eigenvalue weighted by atomic mass is 16.5.